The van der Waals surface area contributed by atoms with Crippen molar-refractivity contribution in [1.82, 2.24) is 0 Å². The van der Waals surface area contributed by atoms with Crippen LogP contribution in [0.2, 0.25) is 0 Å². The number of rotatable bonds is 1. The normalized spacial score (nSPS) is 37.1. The summed E-state index contributed by atoms with van der Waals surface area (Å²) in [6.45, 7) is 0. The summed E-state index contributed by atoms with van der Waals surface area (Å²) in [5.41, 5.74) is 5.41. The number of hydrogen-bond donors (Lipinski definition) is 2. The van der Waals surface area contributed by atoms with E-state index in [4.69, 9.17) is 10.8 Å². The lowest BCUT2D eigenvalue weighted by Gasteiger charge is -2.21. The SMILES string of the molecule is NC1C=CC(F)C(C(=O)O)C1. The number of nitrogens with two attached hydrogens (primary N) is 1. The van der Waals surface area contributed by atoms with Gasteiger partial charge in [0.25, 0.3) is 0 Å². The highest BCUT2D eigenvalue weighted by atomic mass is 19.1. The highest BCUT2D eigenvalue weighted by Gasteiger charge is 2.30. The third-order valence-electron chi connectivity index (χ3n) is 1.77. The van der Waals surface area contributed by atoms with E-state index in [1.54, 1.807) is 0 Å². The maximum Gasteiger partial charge on any atom is 0.309 e. The Morgan fingerprint density at radius 2 is 2.27 bits per heavy atom. The summed E-state index contributed by atoms with van der Waals surface area (Å²) < 4.78 is 12.7. The van der Waals surface area contributed by atoms with Crippen LogP contribution < -0.4 is 5.73 Å². The molecule has 1 rings (SSSR count). The van der Waals surface area contributed by atoms with E-state index < -0.39 is 18.1 Å². The second-order valence-corrected chi connectivity index (χ2v) is 2.67. The van der Waals surface area contributed by atoms with Crippen LogP contribution in [0.3, 0.4) is 0 Å². The van der Waals surface area contributed by atoms with E-state index in [0.29, 0.717) is 0 Å². The van der Waals surface area contributed by atoms with Gasteiger partial charge in [-0.2, -0.15) is 0 Å². The highest BCUT2D eigenvalue weighted by molar-refractivity contribution is 5.71. The maximum atomic E-state index is 12.7. The van der Waals surface area contributed by atoms with Crippen molar-refractivity contribution in [2.45, 2.75) is 18.6 Å². The molecule has 0 heterocycles. The van der Waals surface area contributed by atoms with Crippen LogP contribution in [0.1, 0.15) is 6.42 Å². The van der Waals surface area contributed by atoms with Crippen LogP contribution in [0.4, 0.5) is 4.39 Å². The van der Waals surface area contributed by atoms with Gasteiger partial charge in [0.2, 0.25) is 0 Å². The number of halogens is 1. The average molecular weight is 159 g/mol. The molecule has 3 unspecified atom stereocenters. The Bertz CT molecular complexity index is 193. The number of alkyl halides is 1. The minimum atomic E-state index is -1.38. The molecule has 0 bridgehead atoms. The van der Waals surface area contributed by atoms with Crippen molar-refractivity contribution >= 4 is 5.97 Å². The summed E-state index contributed by atoms with van der Waals surface area (Å²) in [6, 6.07) is -0.317. The Morgan fingerprint density at radius 3 is 2.73 bits per heavy atom. The van der Waals surface area contributed by atoms with E-state index in [0.717, 1.165) is 0 Å². The fourth-order valence-corrected chi connectivity index (χ4v) is 1.12. The quantitative estimate of drug-likeness (QED) is 0.541. The predicted octanol–water partition coefficient (Wildman–Crippen LogP) is 0.312. The van der Waals surface area contributed by atoms with Gasteiger partial charge in [-0.25, -0.2) is 4.39 Å². The first kappa shape index (κ1) is 8.20. The Hall–Kier alpha value is -0.900. The fourth-order valence-electron chi connectivity index (χ4n) is 1.12. The van der Waals surface area contributed by atoms with Gasteiger partial charge in [-0.3, -0.25) is 4.79 Å². The summed E-state index contributed by atoms with van der Waals surface area (Å²) >= 11 is 0. The molecule has 0 aliphatic heterocycles. The molecule has 3 atom stereocenters. The zero-order valence-corrected chi connectivity index (χ0v) is 5.90. The minimum absolute atomic E-state index is 0.188. The monoisotopic (exact) mass is 159 g/mol. The molecule has 0 spiro atoms. The summed E-state index contributed by atoms with van der Waals surface area (Å²) in [4.78, 5) is 10.4. The van der Waals surface area contributed by atoms with Crippen molar-refractivity contribution in [2.24, 2.45) is 11.7 Å². The van der Waals surface area contributed by atoms with Crippen molar-refractivity contribution in [3.8, 4) is 0 Å². The number of hydrogen-bond acceptors (Lipinski definition) is 2. The first-order chi connectivity index (χ1) is 5.11. The predicted molar refractivity (Wildman–Crippen MR) is 37.8 cm³/mol. The molecular formula is C7H10FNO2. The average Bonchev–Trinajstić information content (AvgIpc) is 1.94. The van der Waals surface area contributed by atoms with Gasteiger partial charge >= 0.3 is 5.97 Å². The number of aliphatic carboxylic acids is 1. The first-order valence-electron chi connectivity index (χ1n) is 3.42. The molecule has 11 heavy (non-hydrogen) atoms. The molecule has 4 heteroatoms. The van der Waals surface area contributed by atoms with Gasteiger partial charge in [0.15, 0.2) is 0 Å². The molecule has 0 aromatic carbocycles. The molecule has 62 valence electrons. The van der Waals surface area contributed by atoms with E-state index in [1.165, 1.54) is 12.2 Å². The van der Waals surface area contributed by atoms with Crippen LogP contribution in [0, 0.1) is 5.92 Å². The molecule has 0 radical (unpaired) electrons. The topological polar surface area (TPSA) is 63.3 Å². The van der Waals surface area contributed by atoms with Crippen LogP contribution in [-0.2, 0) is 4.79 Å². The smallest absolute Gasteiger partial charge is 0.309 e. The molecular weight excluding hydrogens is 149 g/mol. The minimum Gasteiger partial charge on any atom is -0.481 e. The van der Waals surface area contributed by atoms with Crippen LogP contribution in [0.5, 0.6) is 0 Å². The number of allylic oxidation sites excluding steroid dienone is 1. The summed E-state index contributed by atoms with van der Waals surface area (Å²) in [5, 5.41) is 8.50. The lowest BCUT2D eigenvalue weighted by Crippen LogP contribution is -2.34. The van der Waals surface area contributed by atoms with Crippen LogP contribution in [0.15, 0.2) is 12.2 Å². The highest BCUT2D eigenvalue weighted by Crippen LogP contribution is 2.20. The van der Waals surface area contributed by atoms with Crippen molar-refractivity contribution in [1.29, 1.82) is 0 Å². The second-order valence-electron chi connectivity index (χ2n) is 2.67. The standard InChI is InChI=1S/C7H10FNO2/c8-6-2-1-4(9)3-5(6)7(10)11/h1-2,4-6H,3,9H2,(H,10,11). The van der Waals surface area contributed by atoms with Crippen LogP contribution >= 0.6 is 0 Å². The fraction of sp³-hybridized carbons (Fsp3) is 0.571. The number of carboxylic acid groups (broad SMARTS) is 1. The molecule has 3 nitrogen and oxygen atoms in total. The number of carbonyl (C=O) groups is 1. The van der Waals surface area contributed by atoms with Crippen LogP contribution in [0.25, 0.3) is 0 Å². The molecule has 0 fully saturated rings. The second kappa shape index (κ2) is 3.00. The molecule has 0 aromatic heterocycles. The Balaban J connectivity index is 2.68. The first-order valence-corrected chi connectivity index (χ1v) is 3.42. The molecule has 0 aromatic rings. The molecule has 0 saturated heterocycles. The third kappa shape index (κ3) is 1.77. The van der Waals surface area contributed by atoms with Crippen molar-refractivity contribution < 1.29 is 14.3 Å². The van der Waals surface area contributed by atoms with Gasteiger partial charge in [-0.1, -0.05) is 12.2 Å². The molecule has 0 saturated carbocycles. The Kier molecular flexibility index (Phi) is 2.24. The van der Waals surface area contributed by atoms with Gasteiger partial charge in [0, 0.05) is 6.04 Å². The largest absolute Gasteiger partial charge is 0.481 e. The number of carboxylic acids is 1. The van der Waals surface area contributed by atoms with Crippen molar-refractivity contribution in [3.05, 3.63) is 12.2 Å². The lowest BCUT2D eigenvalue weighted by molar-refractivity contribution is -0.143. The van der Waals surface area contributed by atoms with Gasteiger partial charge in [-0.15, -0.1) is 0 Å². The van der Waals surface area contributed by atoms with E-state index >= 15 is 0 Å². The third-order valence-corrected chi connectivity index (χ3v) is 1.77. The molecule has 3 N–H and O–H groups in total. The summed E-state index contributed by atoms with van der Waals surface area (Å²) in [7, 11) is 0. The van der Waals surface area contributed by atoms with Crippen molar-refractivity contribution in [2.75, 3.05) is 0 Å². The van der Waals surface area contributed by atoms with Gasteiger partial charge in [-0.05, 0) is 6.42 Å². The van der Waals surface area contributed by atoms with E-state index in [1.807, 2.05) is 0 Å². The van der Waals surface area contributed by atoms with E-state index in [9.17, 15) is 9.18 Å². The summed E-state index contributed by atoms with van der Waals surface area (Å²) in [5.74, 6) is -2.08. The zero-order chi connectivity index (χ0) is 8.43. The Labute approximate surface area is 63.7 Å². The Morgan fingerprint density at radius 1 is 1.64 bits per heavy atom. The van der Waals surface area contributed by atoms with Crippen molar-refractivity contribution in [3.63, 3.8) is 0 Å². The zero-order valence-electron chi connectivity index (χ0n) is 5.90. The summed E-state index contributed by atoms with van der Waals surface area (Å²) in [6.07, 6.45) is 1.52. The molecule has 0 amide bonds. The van der Waals surface area contributed by atoms with Gasteiger partial charge in [0.1, 0.15) is 6.17 Å². The van der Waals surface area contributed by atoms with E-state index in [2.05, 4.69) is 0 Å². The molecule has 1 aliphatic rings. The molecule has 1 aliphatic carbocycles. The van der Waals surface area contributed by atoms with Gasteiger partial charge < -0.3 is 10.8 Å². The van der Waals surface area contributed by atoms with Gasteiger partial charge in [0.05, 0.1) is 5.92 Å². The lowest BCUT2D eigenvalue weighted by atomic mass is 9.90. The maximum absolute atomic E-state index is 12.7. The van der Waals surface area contributed by atoms with Crippen LogP contribution in [-0.4, -0.2) is 23.3 Å². The van der Waals surface area contributed by atoms with E-state index in [-0.39, 0.29) is 12.5 Å².